The van der Waals surface area contributed by atoms with Crippen LogP contribution in [0.4, 0.5) is 28.9 Å². The van der Waals surface area contributed by atoms with Crippen molar-refractivity contribution in [1.29, 1.82) is 0 Å². The summed E-state index contributed by atoms with van der Waals surface area (Å²) in [6.07, 6.45) is -1.16. The van der Waals surface area contributed by atoms with Crippen LogP contribution in [0, 0.1) is 24.6 Å². The molecule has 0 unspecified atom stereocenters. The summed E-state index contributed by atoms with van der Waals surface area (Å²) >= 11 is 0. The highest BCUT2D eigenvalue weighted by molar-refractivity contribution is 5.76. The molecule has 2 fully saturated rings. The Balaban J connectivity index is 1.63. The van der Waals surface area contributed by atoms with Crippen molar-refractivity contribution in [1.82, 2.24) is 0 Å². The molecule has 0 bridgehead atoms. The number of hydrogen-bond acceptors (Lipinski definition) is 3. The number of halogens is 4. The van der Waals surface area contributed by atoms with Gasteiger partial charge in [0.1, 0.15) is 5.82 Å². The first kappa shape index (κ1) is 20.7. The summed E-state index contributed by atoms with van der Waals surface area (Å²) in [5, 5.41) is 3.35. The minimum Gasteiger partial charge on any atom is -0.382 e. The van der Waals surface area contributed by atoms with E-state index in [1.807, 2.05) is 6.92 Å². The lowest BCUT2D eigenvalue weighted by Gasteiger charge is -2.35. The number of amides is 1. The van der Waals surface area contributed by atoms with E-state index in [9.17, 15) is 22.4 Å². The van der Waals surface area contributed by atoms with Gasteiger partial charge in [0.25, 0.3) is 0 Å². The van der Waals surface area contributed by atoms with Crippen LogP contribution >= 0.6 is 0 Å². The number of nitrogens with one attached hydrogen (secondary N) is 1. The SMILES string of the molecule is Cc1cc(N2CCC(C(F)(F)F)CC2)c(F)cc1NC1CCC(C(N)=O)CC1. The minimum atomic E-state index is -4.18. The van der Waals surface area contributed by atoms with Gasteiger partial charge >= 0.3 is 6.18 Å². The standard InChI is InChI=1S/C20H27F4N3O/c1-12-10-18(27-8-6-14(7-9-27)20(22,23)24)16(21)11-17(12)26-15-4-2-13(3-5-15)19(25)28/h10-11,13-15,26H,2-9H2,1H3,(H2,25,28). The Hall–Kier alpha value is -1.99. The van der Waals surface area contributed by atoms with Gasteiger partial charge in [0.05, 0.1) is 11.6 Å². The van der Waals surface area contributed by atoms with E-state index in [2.05, 4.69) is 5.32 Å². The Labute approximate surface area is 162 Å². The molecule has 2 aliphatic rings. The monoisotopic (exact) mass is 401 g/mol. The van der Waals surface area contributed by atoms with Crippen molar-refractivity contribution in [2.75, 3.05) is 23.3 Å². The minimum absolute atomic E-state index is 0.00884. The quantitative estimate of drug-likeness (QED) is 0.737. The Morgan fingerprint density at radius 2 is 1.71 bits per heavy atom. The number of primary amides is 1. The Bertz CT molecular complexity index is 706. The largest absolute Gasteiger partial charge is 0.391 e. The molecule has 0 spiro atoms. The topological polar surface area (TPSA) is 58.4 Å². The van der Waals surface area contributed by atoms with Crippen LogP contribution in [0.15, 0.2) is 12.1 Å². The highest BCUT2D eigenvalue weighted by atomic mass is 19.4. The van der Waals surface area contributed by atoms with Crippen molar-refractivity contribution >= 4 is 17.3 Å². The smallest absolute Gasteiger partial charge is 0.382 e. The number of aryl methyl sites for hydroxylation is 1. The summed E-state index contributed by atoms with van der Waals surface area (Å²) in [5.41, 5.74) is 7.26. The van der Waals surface area contributed by atoms with Crippen molar-refractivity contribution in [2.24, 2.45) is 17.6 Å². The summed E-state index contributed by atoms with van der Waals surface area (Å²) in [6.45, 7) is 2.26. The lowest BCUT2D eigenvalue weighted by molar-refractivity contribution is -0.179. The van der Waals surface area contributed by atoms with Crippen LogP contribution in [0.1, 0.15) is 44.1 Å². The third-order valence-electron chi connectivity index (χ3n) is 6.08. The first-order valence-corrected chi connectivity index (χ1v) is 9.83. The Kier molecular flexibility index (Phi) is 6.05. The molecule has 1 aliphatic carbocycles. The zero-order valence-corrected chi connectivity index (χ0v) is 16.0. The number of carbonyl (C=O) groups excluding carboxylic acids is 1. The van der Waals surface area contributed by atoms with E-state index >= 15 is 0 Å². The summed E-state index contributed by atoms with van der Waals surface area (Å²) in [5.74, 6) is -2.08. The molecule has 8 heteroatoms. The number of alkyl halides is 3. The summed E-state index contributed by atoms with van der Waals surface area (Å²) in [7, 11) is 0. The fourth-order valence-electron chi connectivity index (χ4n) is 4.25. The second kappa shape index (κ2) is 8.17. The molecule has 1 aromatic carbocycles. The van der Waals surface area contributed by atoms with Crippen molar-refractivity contribution in [3.63, 3.8) is 0 Å². The van der Waals surface area contributed by atoms with Gasteiger partial charge in [-0.15, -0.1) is 0 Å². The van der Waals surface area contributed by atoms with Crippen molar-refractivity contribution in [2.45, 2.75) is 57.7 Å². The van der Waals surface area contributed by atoms with Crippen LogP contribution in [-0.2, 0) is 4.79 Å². The zero-order valence-electron chi connectivity index (χ0n) is 16.0. The van der Waals surface area contributed by atoms with E-state index < -0.39 is 17.9 Å². The first-order chi connectivity index (χ1) is 13.1. The summed E-state index contributed by atoms with van der Waals surface area (Å²) in [4.78, 5) is 13.0. The van der Waals surface area contributed by atoms with Crippen LogP contribution in [0.2, 0.25) is 0 Å². The first-order valence-electron chi connectivity index (χ1n) is 9.83. The average Bonchev–Trinajstić information content (AvgIpc) is 2.64. The van der Waals surface area contributed by atoms with Gasteiger partial charge in [0.2, 0.25) is 5.91 Å². The number of hydrogen-bond donors (Lipinski definition) is 2. The van der Waals surface area contributed by atoms with Gasteiger partial charge in [-0.05, 0) is 63.1 Å². The normalized spacial score (nSPS) is 24.2. The van der Waals surface area contributed by atoms with Gasteiger partial charge in [-0.2, -0.15) is 13.2 Å². The molecular formula is C20H27F4N3O. The molecule has 0 radical (unpaired) electrons. The molecular weight excluding hydrogens is 374 g/mol. The highest BCUT2D eigenvalue weighted by Gasteiger charge is 2.41. The predicted octanol–water partition coefficient (Wildman–Crippen LogP) is 4.37. The van der Waals surface area contributed by atoms with Crippen LogP contribution in [0.5, 0.6) is 0 Å². The zero-order chi connectivity index (χ0) is 20.5. The molecule has 1 aliphatic heterocycles. The third kappa shape index (κ3) is 4.70. The molecule has 3 N–H and O–H groups in total. The number of nitrogens with zero attached hydrogens (tertiary/aromatic N) is 1. The molecule has 0 atom stereocenters. The molecule has 4 nitrogen and oxygen atoms in total. The number of nitrogens with two attached hydrogens (primary N) is 1. The maximum atomic E-state index is 14.7. The molecule has 1 aromatic rings. The maximum Gasteiger partial charge on any atom is 0.391 e. The maximum absolute atomic E-state index is 14.7. The van der Waals surface area contributed by atoms with Crippen LogP contribution in [-0.4, -0.2) is 31.2 Å². The Morgan fingerprint density at radius 3 is 2.25 bits per heavy atom. The second-order valence-electron chi connectivity index (χ2n) is 8.02. The fourth-order valence-corrected chi connectivity index (χ4v) is 4.25. The van der Waals surface area contributed by atoms with Crippen molar-refractivity contribution < 1.29 is 22.4 Å². The molecule has 1 heterocycles. The third-order valence-corrected chi connectivity index (χ3v) is 6.08. The lowest BCUT2D eigenvalue weighted by atomic mass is 9.85. The number of piperidine rings is 1. The summed E-state index contributed by atoms with van der Waals surface area (Å²) < 4.78 is 53.2. The van der Waals surface area contributed by atoms with E-state index in [4.69, 9.17) is 5.73 Å². The second-order valence-corrected chi connectivity index (χ2v) is 8.02. The van der Waals surface area contributed by atoms with Gasteiger partial charge < -0.3 is 16.0 Å². The van der Waals surface area contributed by atoms with Crippen molar-refractivity contribution in [3.05, 3.63) is 23.5 Å². The van der Waals surface area contributed by atoms with Gasteiger partial charge in [-0.3, -0.25) is 4.79 Å². The van der Waals surface area contributed by atoms with Gasteiger partial charge in [0.15, 0.2) is 0 Å². The van der Waals surface area contributed by atoms with Crippen LogP contribution in [0.3, 0.4) is 0 Å². The Morgan fingerprint density at radius 1 is 1.11 bits per heavy atom. The number of anilines is 2. The molecule has 28 heavy (non-hydrogen) atoms. The molecule has 1 amide bonds. The van der Waals surface area contributed by atoms with E-state index in [1.54, 1.807) is 11.0 Å². The van der Waals surface area contributed by atoms with E-state index in [-0.39, 0.29) is 43.8 Å². The number of carbonyl (C=O) groups is 1. The number of rotatable bonds is 4. The van der Waals surface area contributed by atoms with Crippen LogP contribution in [0.25, 0.3) is 0 Å². The highest BCUT2D eigenvalue weighted by Crippen LogP contribution is 2.37. The average molecular weight is 401 g/mol. The molecule has 1 saturated carbocycles. The summed E-state index contributed by atoms with van der Waals surface area (Å²) in [6, 6.07) is 3.29. The van der Waals surface area contributed by atoms with E-state index in [0.717, 1.165) is 31.2 Å². The molecule has 0 aromatic heterocycles. The molecule has 1 saturated heterocycles. The van der Waals surface area contributed by atoms with E-state index in [0.29, 0.717) is 11.4 Å². The van der Waals surface area contributed by atoms with E-state index in [1.165, 1.54) is 6.07 Å². The molecule has 156 valence electrons. The molecule has 3 rings (SSSR count). The van der Waals surface area contributed by atoms with Gasteiger partial charge in [-0.25, -0.2) is 4.39 Å². The predicted molar refractivity (Wildman–Crippen MR) is 101 cm³/mol. The number of benzene rings is 1. The lowest BCUT2D eigenvalue weighted by Crippen LogP contribution is -2.39. The van der Waals surface area contributed by atoms with Gasteiger partial charge in [-0.1, -0.05) is 0 Å². The van der Waals surface area contributed by atoms with Gasteiger partial charge in [0, 0.05) is 30.7 Å². The fraction of sp³-hybridized carbons (Fsp3) is 0.650. The van der Waals surface area contributed by atoms with Crippen LogP contribution < -0.4 is 16.0 Å². The van der Waals surface area contributed by atoms with Crippen molar-refractivity contribution in [3.8, 4) is 0 Å².